The lowest BCUT2D eigenvalue weighted by atomic mass is 10.1. The van der Waals surface area contributed by atoms with Crippen LogP contribution in [0.3, 0.4) is 0 Å². The number of para-hydroxylation sites is 1. The number of piperazine rings is 1. The molecule has 29 heavy (non-hydrogen) atoms. The molecule has 0 saturated carbocycles. The lowest BCUT2D eigenvalue weighted by Gasteiger charge is -2.35. The van der Waals surface area contributed by atoms with Crippen LogP contribution in [0.15, 0.2) is 46.7 Å². The summed E-state index contributed by atoms with van der Waals surface area (Å²) in [5, 5.41) is 0. The second-order valence-corrected chi connectivity index (χ2v) is 10.9. The van der Waals surface area contributed by atoms with Gasteiger partial charge >= 0.3 is 0 Å². The van der Waals surface area contributed by atoms with Gasteiger partial charge in [0.1, 0.15) is 4.21 Å². The highest BCUT2D eigenvalue weighted by Crippen LogP contribution is 2.27. The van der Waals surface area contributed by atoms with Crippen LogP contribution in [0.4, 0.5) is 5.69 Å². The molecule has 4 rings (SSSR count). The monoisotopic (exact) mass is 433 g/mol. The molecule has 2 saturated heterocycles. The highest BCUT2D eigenvalue weighted by atomic mass is 32.2. The van der Waals surface area contributed by atoms with Gasteiger partial charge in [-0.15, -0.1) is 11.3 Å². The molecular weight excluding hydrogens is 406 g/mol. The van der Waals surface area contributed by atoms with Crippen LogP contribution in [-0.2, 0) is 21.2 Å². The second-order valence-electron chi connectivity index (χ2n) is 7.57. The van der Waals surface area contributed by atoms with Gasteiger partial charge in [-0.3, -0.25) is 4.79 Å². The van der Waals surface area contributed by atoms with Gasteiger partial charge < -0.3 is 9.80 Å². The third-order valence-corrected chi connectivity index (χ3v) is 9.08. The van der Waals surface area contributed by atoms with Gasteiger partial charge in [0.25, 0.3) is 10.0 Å². The summed E-state index contributed by atoms with van der Waals surface area (Å²) >= 11 is 1.23. The van der Waals surface area contributed by atoms with E-state index in [2.05, 4.69) is 17.0 Å². The van der Waals surface area contributed by atoms with Gasteiger partial charge in [0, 0.05) is 49.8 Å². The number of carbonyl (C=O) groups excluding carboxylic acids is 1. The van der Waals surface area contributed by atoms with Crippen LogP contribution in [0.5, 0.6) is 0 Å². The van der Waals surface area contributed by atoms with E-state index in [0.717, 1.165) is 36.5 Å². The molecule has 0 atom stereocenters. The number of piperidine rings is 1. The van der Waals surface area contributed by atoms with E-state index in [-0.39, 0.29) is 5.91 Å². The van der Waals surface area contributed by atoms with E-state index in [0.29, 0.717) is 36.8 Å². The number of carbonyl (C=O) groups is 1. The Kier molecular flexibility index (Phi) is 6.22. The molecule has 0 aliphatic carbocycles. The highest BCUT2D eigenvalue weighted by Gasteiger charge is 2.30. The van der Waals surface area contributed by atoms with Crippen LogP contribution in [-0.4, -0.2) is 62.8 Å². The third kappa shape index (κ3) is 4.65. The Hall–Kier alpha value is -1.90. The number of likely N-dealkylation sites (tertiary alicyclic amines) is 1. The Morgan fingerprint density at radius 1 is 0.862 bits per heavy atom. The number of amides is 1. The molecule has 0 radical (unpaired) electrons. The van der Waals surface area contributed by atoms with E-state index < -0.39 is 10.0 Å². The first kappa shape index (κ1) is 20.4. The minimum Gasteiger partial charge on any atom is -0.369 e. The lowest BCUT2D eigenvalue weighted by molar-refractivity contribution is -0.131. The molecule has 0 bridgehead atoms. The maximum Gasteiger partial charge on any atom is 0.252 e. The van der Waals surface area contributed by atoms with Crippen molar-refractivity contribution < 1.29 is 13.2 Å². The van der Waals surface area contributed by atoms with E-state index in [1.807, 2.05) is 23.1 Å². The number of sulfonamides is 1. The van der Waals surface area contributed by atoms with Crippen molar-refractivity contribution in [2.75, 3.05) is 44.2 Å². The fourth-order valence-electron chi connectivity index (χ4n) is 3.95. The molecule has 156 valence electrons. The van der Waals surface area contributed by atoms with Gasteiger partial charge in [-0.05, 0) is 43.5 Å². The lowest BCUT2D eigenvalue weighted by Crippen LogP contribution is -2.48. The average molecular weight is 434 g/mol. The van der Waals surface area contributed by atoms with Crippen LogP contribution in [0, 0.1) is 0 Å². The van der Waals surface area contributed by atoms with Gasteiger partial charge in [0.05, 0.1) is 6.42 Å². The Balaban J connectivity index is 1.37. The summed E-state index contributed by atoms with van der Waals surface area (Å²) < 4.78 is 28.0. The molecular formula is C21H27N3O3S2. The van der Waals surface area contributed by atoms with Crippen molar-refractivity contribution in [3.05, 3.63) is 47.3 Å². The maximum absolute atomic E-state index is 13.1. The normalized spacial score (nSPS) is 18.8. The minimum absolute atomic E-state index is 0.104. The van der Waals surface area contributed by atoms with Gasteiger partial charge in [0.15, 0.2) is 0 Å². The molecule has 1 aromatic carbocycles. The average Bonchev–Trinajstić information content (AvgIpc) is 3.24. The number of thiophene rings is 1. The Labute approximate surface area is 176 Å². The Morgan fingerprint density at radius 3 is 2.24 bits per heavy atom. The molecule has 2 aromatic rings. The second kappa shape index (κ2) is 8.85. The van der Waals surface area contributed by atoms with E-state index in [4.69, 9.17) is 0 Å². The van der Waals surface area contributed by atoms with Gasteiger partial charge in [-0.2, -0.15) is 4.31 Å². The van der Waals surface area contributed by atoms with Crippen LogP contribution >= 0.6 is 11.3 Å². The van der Waals surface area contributed by atoms with Crippen molar-refractivity contribution in [3.8, 4) is 0 Å². The van der Waals surface area contributed by atoms with Crippen molar-refractivity contribution in [2.45, 2.75) is 29.9 Å². The van der Waals surface area contributed by atoms with E-state index in [1.165, 1.54) is 17.8 Å². The van der Waals surface area contributed by atoms with Gasteiger partial charge in [0.2, 0.25) is 5.91 Å². The molecule has 0 N–H and O–H groups in total. The number of rotatable bonds is 5. The molecule has 2 fully saturated rings. The Bertz CT molecular complexity index is 929. The van der Waals surface area contributed by atoms with Crippen molar-refractivity contribution in [1.82, 2.24) is 9.21 Å². The van der Waals surface area contributed by atoms with Crippen molar-refractivity contribution >= 4 is 33.0 Å². The number of hydrogen-bond donors (Lipinski definition) is 0. The third-order valence-electron chi connectivity index (χ3n) is 5.63. The predicted molar refractivity (Wildman–Crippen MR) is 116 cm³/mol. The van der Waals surface area contributed by atoms with Crippen LogP contribution < -0.4 is 4.90 Å². The summed E-state index contributed by atoms with van der Waals surface area (Å²) in [7, 11) is -3.51. The van der Waals surface area contributed by atoms with Crippen molar-refractivity contribution in [3.63, 3.8) is 0 Å². The van der Waals surface area contributed by atoms with Crippen molar-refractivity contribution in [2.24, 2.45) is 0 Å². The summed E-state index contributed by atoms with van der Waals surface area (Å²) in [6.45, 7) is 3.93. The predicted octanol–water partition coefficient (Wildman–Crippen LogP) is 2.81. The largest absolute Gasteiger partial charge is 0.369 e. The molecule has 3 heterocycles. The fourth-order valence-corrected chi connectivity index (χ4v) is 6.87. The zero-order chi connectivity index (χ0) is 20.3. The fraction of sp³-hybridized carbons (Fsp3) is 0.476. The molecule has 0 spiro atoms. The molecule has 0 unspecified atom stereocenters. The molecule has 1 amide bonds. The molecule has 1 aromatic heterocycles. The Morgan fingerprint density at radius 2 is 1.55 bits per heavy atom. The summed E-state index contributed by atoms with van der Waals surface area (Å²) in [5.74, 6) is 0.104. The SMILES string of the molecule is O=C(Cc1ccc(S(=O)(=O)N2CCN(c3ccccc3)CC2)s1)N1CCCCC1. The van der Waals surface area contributed by atoms with E-state index in [1.54, 1.807) is 16.4 Å². The first-order chi connectivity index (χ1) is 14.0. The summed E-state index contributed by atoms with van der Waals surface area (Å²) in [5.41, 5.74) is 1.12. The summed E-state index contributed by atoms with van der Waals surface area (Å²) in [6, 6.07) is 13.5. The number of anilines is 1. The number of nitrogens with zero attached hydrogens (tertiary/aromatic N) is 3. The van der Waals surface area contributed by atoms with E-state index >= 15 is 0 Å². The minimum atomic E-state index is -3.51. The molecule has 2 aliphatic rings. The summed E-state index contributed by atoms with van der Waals surface area (Å²) in [4.78, 5) is 17.4. The zero-order valence-electron chi connectivity index (χ0n) is 16.5. The number of benzene rings is 1. The molecule has 2 aliphatic heterocycles. The van der Waals surface area contributed by atoms with E-state index in [9.17, 15) is 13.2 Å². The molecule has 6 nitrogen and oxygen atoms in total. The van der Waals surface area contributed by atoms with Gasteiger partial charge in [-0.1, -0.05) is 18.2 Å². The maximum atomic E-state index is 13.1. The number of hydrogen-bond acceptors (Lipinski definition) is 5. The quantitative estimate of drug-likeness (QED) is 0.728. The first-order valence-corrected chi connectivity index (χ1v) is 12.5. The summed E-state index contributed by atoms with van der Waals surface area (Å²) in [6.07, 6.45) is 3.60. The highest BCUT2D eigenvalue weighted by molar-refractivity contribution is 7.91. The standard InChI is InChI=1S/C21H27N3O3S2/c25-20(23-11-5-2-6-12-23)17-19-9-10-21(28-19)29(26,27)24-15-13-22(14-16-24)18-7-3-1-4-8-18/h1,3-4,7-10H,2,5-6,11-17H2. The first-order valence-electron chi connectivity index (χ1n) is 10.2. The smallest absolute Gasteiger partial charge is 0.252 e. The van der Waals surface area contributed by atoms with Crippen LogP contribution in [0.1, 0.15) is 24.1 Å². The van der Waals surface area contributed by atoms with Crippen molar-refractivity contribution in [1.29, 1.82) is 0 Å². The van der Waals surface area contributed by atoms with Crippen LogP contribution in [0.2, 0.25) is 0 Å². The van der Waals surface area contributed by atoms with Crippen LogP contribution in [0.25, 0.3) is 0 Å². The topological polar surface area (TPSA) is 60.9 Å². The zero-order valence-corrected chi connectivity index (χ0v) is 18.1. The van der Waals surface area contributed by atoms with Gasteiger partial charge in [-0.25, -0.2) is 8.42 Å². The molecule has 8 heteroatoms.